The number of hydrogen-bond donors (Lipinski definition) is 0. The Kier molecular flexibility index (Phi) is 4.35. The molecule has 3 heterocycles. The first kappa shape index (κ1) is 16.0. The van der Waals surface area contributed by atoms with Crippen LogP contribution in [0.3, 0.4) is 0 Å². The van der Waals surface area contributed by atoms with E-state index in [1.54, 1.807) is 0 Å². The SMILES string of the molecule is CN1CCN(B(N2CCN(C)C2=S)N2CCN(C)C2=S)C1=S. The Morgan fingerprint density at radius 3 is 1.05 bits per heavy atom. The highest BCUT2D eigenvalue weighted by atomic mass is 32.1. The molecule has 10 heteroatoms. The second-order valence-electron chi connectivity index (χ2n) is 6.04. The highest BCUT2D eigenvalue weighted by molar-refractivity contribution is 7.81. The van der Waals surface area contributed by atoms with E-state index < -0.39 is 0 Å². The van der Waals surface area contributed by atoms with Crippen molar-refractivity contribution >= 4 is 59.1 Å². The maximum atomic E-state index is 5.63. The van der Waals surface area contributed by atoms with Gasteiger partial charge in [-0.15, -0.1) is 0 Å². The maximum Gasteiger partial charge on any atom is 0.510 e. The van der Waals surface area contributed by atoms with Crippen molar-refractivity contribution in [2.24, 2.45) is 0 Å². The van der Waals surface area contributed by atoms with Crippen LogP contribution >= 0.6 is 36.7 Å². The quantitative estimate of drug-likeness (QED) is 0.491. The molecule has 120 valence electrons. The normalized spacial score (nSPS) is 22.8. The van der Waals surface area contributed by atoms with Gasteiger partial charge in [-0.2, -0.15) is 0 Å². The lowest BCUT2D eigenvalue weighted by molar-refractivity contribution is 0.493. The molecule has 3 rings (SSSR count). The summed E-state index contributed by atoms with van der Waals surface area (Å²) in [4.78, 5) is 13.1. The molecule has 0 bridgehead atoms. The van der Waals surface area contributed by atoms with Gasteiger partial charge >= 0.3 is 7.12 Å². The van der Waals surface area contributed by atoms with Crippen LogP contribution in [0.2, 0.25) is 0 Å². The Morgan fingerprint density at radius 2 is 0.864 bits per heavy atom. The van der Waals surface area contributed by atoms with Gasteiger partial charge in [-0.1, -0.05) is 0 Å². The maximum absolute atomic E-state index is 5.63. The minimum Gasteiger partial charge on any atom is -0.352 e. The van der Waals surface area contributed by atoms with Gasteiger partial charge in [0.15, 0.2) is 15.3 Å². The molecular weight excluding hydrogens is 335 g/mol. The number of thiocarbonyl (C=S) groups is 3. The summed E-state index contributed by atoms with van der Waals surface area (Å²) in [6.07, 6.45) is 0. The molecule has 22 heavy (non-hydrogen) atoms. The van der Waals surface area contributed by atoms with Crippen LogP contribution < -0.4 is 0 Å². The van der Waals surface area contributed by atoms with Crippen LogP contribution in [0.5, 0.6) is 0 Å². The van der Waals surface area contributed by atoms with E-state index in [-0.39, 0.29) is 7.12 Å². The topological polar surface area (TPSA) is 19.4 Å². The lowest BCUT2D eigenvalue weighted by atomic mass is 9.84. The predicted octanol–water partition coefficient (Wildman–Crippen LogP) is -0.432. The van der Waals surface area contributed by atoms with E-state index in [9.17, 15) is 0 Å². The summed E-state index contributed by atoms with van der Waals surface area (Å²) in [6.45, 7) is 5.57. The summed E-state index contributed by atoms with van der Waals surface area (Å²) in [5.41, 5.74) is 0. The highest BCUT2D eigenvalue weighted by Crippen LogP contribution is 2.22. The molecule has 0 aliphatic carbocycles. The van der Waals surface area contributed by atoms with Crippen molar-refractivity contribution in [2.45, 2.75) is 0 Å². The fraction of sp³-hybridized carbons (Fsp3) is 0.750. The van der Waals surface area contributed by atoms with Gasteiger partial charge in [-0.05, 0) is 36.7 Å². The third kappa shape index (κ3) is 2.50. The van der Waals surface area contributed by atoms with Crippen LogP contribution in [-0.4, -0.2) is 112 Å². The van der Waals surface area contributed by atoms with Gasteiger partial charge in [0.1, 0.15) is 0 Å². The standard InChI is InChI=1S/C12H21BN6S3/c1-14-4-7-17(10(14)20)13(18-8-5-15(2)11(18)21)19-9-6-16(3)12(19)22/h4-9H2,1-3H3. The van der Waals surface area contributed by atoms with Crippen molar-refractivity contribution in [3.05, 3.63) is 0 Å². The second kappa shape index (κ2) is 5.97. The zero-order valence-electron chi connectivity index (χ0n) is 13.2. The Bertz CT molecular complexity index is 446. The van der Waals surface area contributed by atoms with E-state index in [4.69, 9.17) is 36.7 Å². The summed E-state index contributed by atoms with van der Waals surface area (Å²) in [6, 6.07) is 0. The molecule has 0 saturated carbocycles. The Hall–Kier alpha value is -0.865. The summed E-state index contributed by atoms with van der Waals surface area (Å²) in [7, 11) is 6.12. The van der Waals surface area contributed by atoms with Crippen molar-refractivity contribution in [1.29, 1.82) is 0 Å². The fourth-order valence-corrected chi connectivity index (χ4v) is 3.98. The molecule has 6 nitrogen and oxygen atoms in total. The van der Waals surface area contributed by atoms with E-state index in [0.717, 1.165) is 54.6 Å². The molecule has 0 aromatic carbocycles. The van der Waals surface area contributed by atoms with Crippen molar-refractivity contribution in [3.8, 4) is 0 Å². The molecule has 3 aliphatic heterocycles. The average Bonchev–Trinajstić information content (AvgIpc) is 3.10. The Labute approximate surface area is 148 Å². The van der Waals surface area contributed by atoms with Gasteiger partial charge in [0.2, 0.25) is 0 Å². The molecule has 3 fully saturated rings. The van der Waals surface area contributed by atoms with Crippen LogP contribution in [0.25, 0.3) is 0 Å². The lowest BCUT2D eigenvalue weighted by Gasteiger charge is -2.39. The van der Waals surface area contributed by atoms with Crippen molar-refractivity contribution in [2.75, 3.05) is 60.4 Å². The number of rotatable bonds is 3. The molecule has 0 atom stereocenters. The third-order valence-corrected chi connectivity index (χ3v) is 6.22. The molecule has 0 aromatic rings. The van der Waals surface area contributed by atoms with Crippen LogP contribution in [-0.2, 0) is 0 Å². The minimum atomic E-state index is -0.00708. The fourth-order valence-electron chi connectivity index (χ4n) is 3.15. The molecule has 3 aliphatic rings. The monoisotopic (exact) mass is 356 g/mol. The molecule has 3 saturated heterocycles. The van der Waals surface area contributed by atoms with Gasteiger partial charge in [-0.25, -0.2) is 0 Å². The average molecular weight is 356 g/mol. The second-order valence-corrected chi connectivity index (χ2v) is 7.13. The summed E-state index contributed by atoms with van der Waals surface area (Å²) < 4.78 is 0. The first-order valence-electron chi connectivity index (χ1n) is 7.47. The van der Waals surface area contributed by atoms with E-state index in [1.165, 1.54) is 0 Å². The Morgan fingerprint density at radius 1 is 0.591 bits per heavy atom. The zero-order chi connectivity index (χ0) is 16.0. The Balaban J connectivity index is 1.91. The van der Waals surface area contributed by atoms with Gasteiger partial charge in [0.05, 0.1) is 0 Å². The van der Waals surface area contributed by atoms with Gasteiger partial charge in [-0.3, -0.25) is 0 Å². The smallest absolute Gasteiger partial charge is 0.352 e. The van der Waals surface area contributed by atoms with Gasteiger partial charge in [0.25, 0.3) is 0 Å². The van der Waals surface area contributed by atoms with Crippen LogP contribution in [0.1, 0.15) is 0 Å². The third-order valence-electron chi connectivity index (χ3n) is 4.58. The molecule has 0 radical (unpaired) electrons. The van der Waals surface area contributed by atoms with E-state index in [2.05, 4.69) is 29.1 Å². The minimum absolute atomic E-state index is 0.00708. The lowest BCUT2D eigenvalue weighted by Crippen LogP contribution is -2.65. The van der Waals surface area contributed by atoms with Crippen molar-refractivity contribution < 1.29 is 0 Å². The summed E-state index contributed by atoms with van der Waals surface area (Å²) in [5.74, 6) is 0. The summed E-state index contributed by atoms with van der Waals surface area (Å²) in [5, 5.41) is 2.62. The van der Waals surface area contributed by atoms with Crippen molar-refractivity contribution in [3.63, 3.8) is 0 Å². The largest absolute Gasteiger partial charge is 0.510 e. The molecule has 0 unspecified atom stereocenters. The van der Waals surface area contributed by atoms with Crippen LogP contribution in [0.4, 0.5) is 0 Å². The molecule has 0 N–H and O–H groups in total. The number of likely N-dealkylation sites (N-methyl/N-ethyl adjacent to an activating group) is 3. The number of hydrogen-bond acceptors (Lipinski definition) is 3. The summed E-state index contributed by atoms with van der Waals surface area (Å²) >= 11 is 16.9. The van der Waals surface area contributed by atoms with E-state index in [0.29, 0.717) is 0 Å². The molecular formula is C12H21BN6S3. The van der Waals surface area contributed by atoms with E-state index in [1.807, 2.05) is 21.1 Å². The van der Waals surface area contributed by atoms with Crippen LogP contribution in [0.15, 0.2) is 0 Å². The van der Waals surface area contributed by atoms with Gasteiger partial charge in [0, 0.05) is 60.4 Å². The van der Waals surface area contributed by atoms with Crippen molar-refractivity contribution in [1.82, 2.24) is 29.1 Å². The number of nitrogens with zero attached hydrogens (tertiary/aromatic N) is 6. The van der Waals surface area contributed by atoms with Crippen LogP contribution in [0, 0.1) is 0 Å². The first-order valence-corrected chi connectivity index (χ1v) is 8.69. The zero-order valence-corrected chi connectivity index (χ0v) is 15.7. The molecule has 0 amide bonds. The highest BCUT2D eigenvalue weighted by Gasteiger charge is 2.48. The van der Waals surface area contributed by atoms with Gasteiger partial charge < -0.3 is 29.1 Å². The predicted molar refractivity (Wildman–Crippen MR) is 102 cm³/mol. The molecule has 0 spiro atoms. The first-order chi connectivity index (χ1) is 10.4. The molecule has 0 aromatic heterocycles. The van der Waals surface area contributed by atoms with E-state index >= 15 is 0 Å².